The molecule has 1 aromatic carbocycles. The summed E-state index contributed by atoms with van der Waals surface area (Å²) in [5.41, 5.74) is 0.532. The summed E-state index contributed by atoms with van der Waals surface area (Å²) in [6.45, 7) is 1.76. The highest BCUT2D eigenvalue weighted by molar-refractivity contribution is 7.89. The zero-order chi connectivity index (χ0) is 14.8. The predicted molar refractivity (Wildman–Crippen MR) is 79.1 cm³/mol. The van der Waals surface area contributed by atoms with Gasteiger partial charge in [0.2, 0.25) is 10.0 Å². The van der Waals surface area contributed by atoms with Gasteiger partial charge in [0.15, 0.2) is 0 Å². The molecule has 1 fully saturated rings. The lowest BCUT2D eigenvalue weighted by Gasteiger charge is -2.17. The Morgan fingerprint density at radius 1 is 1.45 bits per heavy atom. The van der Waals surface area contributed by atoms with Gasteiger partial charge in [0.05, 0.1) is 11.6 Å². The molecule has 0 aromatic heterocycles. The van der Waals surface area contributed by atoms with E-state index in [1.807, 2.05) is 6.92 Å². The fourth-order valence-electron chi connectivity index (χ4n) is 2.19. The van der Waals surface area contributed by atoms with Crippen LogP contribution < -0.4 is 4.72 Å². The Hall–Kier alpha value is -0.620. The third-order valence-corrected chi connectivity index (χ3v) is 5.60. The number of hydrogen-bond donors (Lipinski definition) is 2. The van der Waals surface area contributed by atoms with Crippen LogP contribution in [0.1, 0.15) is 38.2 Å². The number of halogens is 1. The van der Waals surface area contributed by atoms with Crippen LogP contribution in [0.15, 0.2) is 23.1 Å². The quantitative estimate of drug-likeness (QED) is 0.812. The number of rotatable bonds is 7. The number of aliphatic hydroxyl groups is 1. The van der Waals surface area contributed by atoms with E-state index in [0.717, 1.165) is 12.8 Å². The monoisotopic (exact) mass is 317 g/mol. The maximum absolute atomic E-state index is 12.4. The lowest BCUT2D eigenvalue weighted by atomic mass is 10.1. The summed E-state index contributed by atoms with van der Waals surface area (Å²) in [6, 6.07) is 4.49. The Kier molecular flexibility index (Phi) is 5.07. The largest absolute Gasteiger partial charge is 0.392 e. The van der Waals surface area contributed by atoms with Crippen molar-refractivity contribution in [3.05, 3.63) is 28.8 Å². The van der Waals surface area contributed by atoms with Gasteiger partial charge in [-0.15, -0.1) is 0 Å². The minimum atomic E-state index is -3.65. The van der Waals surface area contributed by atoms with E-state index < -0.39 is 10.0 Å². The number of hydrogen-bond acceptors (Lipinski definition) is 3. The second kappa shape index (κ2) is 6.43. The van der Waals surface area contributed by atoms with Crippen molar-refractivity contribution in [1.29, 1.82) is 0 Å². The van der Waals surface area contributed by atoms with Gasteiger partial charge < -0.3 is 5.11 Å². The van der Waals surface area contributed by atoms with E-state index >= 15 is 0 Å². The van der Waals surface area contributed by atoms with Crippen LogP contribution in [0.2, 0.25) is 5.02 Å². The van der Waals surface area contributed by atoms with Gasteiger partial charge >= 0.3 is 0 Å². The van der Waals surface area contributed by atoms with Crippen molar-refractivity contribution in [2.45, 2.75) is 50.2 Å². The Morgan fingerprint density at radius 2 is 2.15 bits per heavy atom. The summed E-state index contributed by atoms with van der Waals surface area (Å²) in [5.74, 6) is 0.655. The van der Waals surface area contributed by atoms with Gasteiger partial charge in [-0.2, -0.15) is 0 Å². The Labute approximate surface area is 125 Å². The van der Waals surface area contributed by atoms with Crippen LogP contribution in [-0.4, -0.2) is 19.6 Å². The van der Waals surface area contributed by atoms with Crippen molar-refractivity contribution in [1.82, 2.24) is 4.72 Å². The molecule has 2 rings (SSSR count). The lowest BCUT2D eigenvalue weighted by Crippen LogP contribution is -2.35. The Bertz CT molecular complexity index is 570. The van der Waals surface area contributed by atoms with Crippen molar-refractivity contribution < 1.29 is 13.5 Å². The molecule has 112 valence electrons. The Balaban J connectivity index is 2.19. The topological polar surface area (TPSA) is 66.4 Å². The van der Waals surface area contributed by atoms with Gasteiger partial charge in [0, 0.05) is 6.04 Å². The predicted octanol–water partition coefficient (Wildman–Crippen LogP) is 2.69. The highest BCUT2D eigenvalue weighted by atomic mass is 35.5. The van der Waals surface area contributed by atoms with E-state index in [2.05, 4.69) is 4.72 Å². The fourth-order valence-corrected chi connectivity index (χ4v) is 4.07. The van der Waals surface area contributed by atoms with Gasteiger partial charge in [-0.05, 0) is 36.5 Å². The number of sulfonamides is 1. The smallest absolute Gasteiger partial charge is 0.242 e. The van der Waals surface area contributed by atoms with E-state index in [9.17, 15) is 8.42 Å². The van der Waals surface area contributed by atoms with Gasteiger partial charge in [-0.3, -0.25) is 0 Å². The van der Waals surface area contributed by atoms with Crippen LogP contribution in [0, 0.1) is 5.92 Å². The van der Waals surface area contributed by atoms with Gasteiger partial charge in [-0.1, -0.05) is 37.4 Å². The molecule has 0 amide bonds. The third-order valence-electron chi connectivity index (χ3n) is 3.60. The molecule has 20 heavy (non-hydrogen) atoms. The minimum Gasteiger partial charge on any atom is -0.392 e. The van der Waals surface area contributed by atoms with Crippen molar-refractivity contribution in [3.63, 3.8) is 0 Å². The van der Waals surface area contributed by atoms with Crippen LogP contribution in [0.5, 0.6) is 0 Å². The molecule has 1 aromatic rings. The van der Waals surface area contributed by atoms with Crippen molar-refractivity contribution in [3.8, 4) is 0 Å². The van der Waals surface area contributed by atoms with E-state index in [1.165, 1.54) is 25.0 Å². The molecular formula is C14H20ClNO3S. The van der Waals surface area contributed by atoms with Crippen LogP contribution in [0.3, 0.4) is 0 Å². The molecule has 0 spiro atoms. The van der Waals surface area contributed by atoms with E-state index in [1.54, 1.807) is 6.07 Å². The van der Waals surface area contributed by atoms with Crippen LogP contribution in [-0.2, 0) is 16.6 Å². The standard InChI is InChI=1S/C14H20ClNO3S/c1-2-12(7-10-3-4-10)16-20(18,19)14-8-11(9-17)5-6-13(14)15/h5-6,8,10,12,16-17H,2-4,7,9H2,1H3. The molecule has 0 radical (unpaired) electrons. The Morgan fingerprint density at radius 3 is 2.70 bits per heavy atom. The molecule has 0 aliphatic heterocycles. The van der Waals surface area contributed by atoms with E-state index in [0.29, 0.717) is 11.5 Å². The molecule has 1 atom stereocenters. The molecule has 1 aliphatic carbocycles. The lowest BCUT2D eigenvalue weighted by molar-refractivity contribution is 0.281. The molecule has 0 heterocycles. The van der Waals surface area contributed by atoms with E-state index in [-0.39, 0.29) is 22.6 Å². The maximum atomic E-state index is 12.4. The molecule has 1 saturated carbocycles. The molecular weight excluding hydrogens is 298 g/mol. The molecule has 2 N–H and O–H groups in total. The second-order valence-electron chi connectivity index (χ2n) is 5.33. The minimum absolute atomic E-state index is 0.0416. The highest BCUT2D eigenvalue weighted by Gasteiger charge is 2.28. The van der Waals surface area contributed by atoms with Crippen LogP contribution >= 0.6 is 11.6 Å². The first kappa shape index (κ1) is 15.8. The van der Waals surface area contributed by atoms with Crippen LogP contribution in [0.25, 0.3) is 0 Å². The molecule has 1 aliphatic rings. The number of nitrogens with one attached hydrogen (secondary N) is 1. The average molecular weight is 318 g/mol. The summed E-state index contributed by atoms with van der Waals surface area (Å²) in [7, 11) is -3.65. The normalized spacial score (nSPS) is 17.1. The van der Waals surface area contributed by atoms with Gasteiger partial charge in [0.25, 0.3) is 0 Å². The van der Waals surface area contributed by atoms with Gasteiger partial charge in [0.1, 0.15) is 4.90 Å². The number of benzene rings is 1. The zero-order valence-electron chi connectivity index (χ0n) is 11.5. The summed E-state index contributed by atoms with van der Waals surface area (Å²) in [6.07, 6.45) is 4.03. The van der Waals surface area contributed by atoms with Crippen LogP contribution in [0.4, 0.5) is 0 Å². The van der Waals surface area contributed by atoms with Crippen molar-refractivity contribution in [2.24, 2.45) is 5.92 Å². The summed E-state index contributed by atoms with van der Waals surface area (Å²) >= 11 is 5.98. The van der Waals surface area contributed by atoms with Gasteiger partial charge in [-0.25, -0.2) is 13.1 Å². The first-order chi connectivity index (χ1) is 9.46. The first-order valence-corrected chi connectivity index (χ1v) is 8.74. The first-order valence-electron chi connectivity index (χ1n) is 6.88. The fraction of sp³-hybridized carbons (Fsp3) is 0.571. The highest BCUT2D eigenvalue weighted by Crippen LogP contribution is 2.34. The third kappa shape index (κ3) is 3.95. The van der Waals surface area contributed by atoms with E-state index in [4.69, 9.17) is 16.7 Å². The molecule has 0 bridgehead atoms. The molecule has 1 unspecified atom stereocenters. The summed E-state index contributed by atoms with van der Waals surface area (Å²) in [5, 5.41) is 9.29. The molecule has 4 nitrogen and oxygen atoms in total. The zero-order valence-corrected chi connectivity index (χ0v) is 13.0. The SMILES string of the molecule is CCC(CC1CC1)NS(=O)(=O)c1cc(CO)ccc1Cl. The molecule has 0 saturated heterocycles. The summed E-state index contributed by atoms with van der Waals surface area (Å²) < 4.78 is 27.6. The summed E-state index contributed by atoms with van der Waals surface area (Å²) in [4.78, 5) is 0.0416. The second-order valence-corrected chi connectivity index (χ2v) is 7.42. The molecule has 6 heteroatoms. The average Bonchev–Trinajstić information content (AvgIpc) is 3.22. The van der Waals surface area contributed by atoms with Crippen molar-refractivity contribution >= 4 is 21.6 Å². The number of aliphatic hydroxyl groups excluding tert-OH is 1. The maximum Gasteiger partial charge on any atom is 0.242 e. The van der Waals surface area contributed by atoms with Crippen molar-refractivity contribution in [2.75, 3.05) is 0 Å².